The predicted molar refractivity (Wildman–Crippen MR) is 135 cm³/mol. The fraction of sp³-hybridized carbons (Fsp3) is 0.115. The molecule has 1 saturated heterocycles. The summed E-state index contributed by atoms with van der Waals surface area (Å²) in [6.07, 6.45) is -3.52. The lowest BCUT2D eigenvalue weighted by Crippen LogP contribution is -2.54. The third kappa shape index (κ3) is 5.86. The summed E-state index contributed by atoms with van der Waals surface area (Å²) in [5, 5.41) is 1.69. The molecule has 11 heteroatoms. The highest BCUT2D eigenvalue weighted by Crippen LogP contribution is 2.37. The van der Waals surface area contributed by atoms with Crippen molar-refractivity contribution in [3.05, 3.63) is 98.0 Å². The third-order valence-corrected chi connectivity index (χ3v) is 6.30. The van der Waals surface area contributed by atoms with Gasteiger partial charge in [-0.25, -0.2) is 9.69 Å². The van der Waals surface area contributed by atoms with E-state index in [1.54, 1.807) is 18.2 Å². The average Bonchev–Trinajstić information content (AvgIpc) is 2.81. The first-order chi connectivity index (χ1) is 17.4. The van der Waals surface area contributed by atoms with Gasteiger partial charge in [-0.2, -0.15) is 13.2 Å². The van der Waals surface area contributed by atoms with Crippen LogP contribution in [0.1, 0.15) is 22.3 Å². The van der Waals surface area contributed by atoms with Crippen molar-refractivity contribution in [3.63, 3.8) is 0 Å². The zero-order valence-electron chi connectivity index (χ0n) is 19.0. The van der Waals surface area contributed by atoms with Gasteiger partial charge in [0.2, 0.25) is 0 Å². The molecule has 4 amide bonds. The molecule has 1 aliphatic rings. The first-order valence-electron chi connectivity index (χ1n) is 10.7. The molecule has 0 unspecified atom stereocenters. The number of alkyl halides is 3. The average molecular weight is 594 g/mol. The number of hydrogen-bond donors (Lipinski definition) is 1. The van der Waals surface area contributed by atoms with Crippen molar-refractivity contribution in [2.45, 2.75) is 19.7 Å². The van der Waals surface area contributed by atoms with Gasteiger partial charge in [0.05, 0.1) is 20.7 Å². The van der Waals surface area contributed by atoms with Crippen LogP contribution in [-0.2, 0) is 22.4 Å². The van der Waals surface area contributed by atoms with Gasteiger partial charge in [-0.1, -0.05) is 47.5 Å². The van der Waals surface area contributed by atoms with Crippen LogP contribution < -0.4 is 15.0 Å². The third-order valence-electron chi connectivity index (χ3n) is 5.36. The number of ether oxygens (including phenoxy) is 1. The van der Waals surface area contributed by atoms with Crippen LogP contribution in [0, 0.1) is 6.92 Å². The van der Waals surface area contributed by atoms with E-state index in [-0.39, 0.29) is 5.02 Å². The summed E-state index contributed by atoms with van der Waals surface area (Å²) < 4.78 is 46.0. The van der Waals surface area contributed by atoms with E-state index in [1.807, 2.05) is 36.5 Å². The number of carbonyl (C=O) groups is 3. The summed E-state index contributed by atoms with van der Waals surface area (Å²) in [5.41, 5.74) is 0.391. The smallest absolute Gasteiger partial charge is 0.416 e. The predicted octanol–water partition coefficient (Wildman–Crippen LogP) is 6.68. The quantitative estimate of drug-likeness (QED) is 0.265. The van der Waals surface area contributed by atoms with E-state index in [0.29, 0.717) is 33.4 Å². The number of barbiturate groups is 1. The van der Waals surface area contributed by atoms with Crippen molar-refractivity contribution in [2.24, 2.45) is 0 Å². The minimum atomic E-state index is -4.74. The summed E-state index contributed by atoms with van der Waals surface area (Å²) in [6.45, 7) is 2.29. The number of carbonyl (C=O) groups excluding carboxylic acids is 3. The minimum Gasteiger partial charge on any atom is -0.488 e. The molecule has 1 aliphatic heterocycles. The van der Waals surface area contributed by atoms with Crippen LogP contribution in [0.5, 0.6) is 5.75 Å². The number of rotatable bonds is 5. The maximum atomic E-state index is 13.2. The van der Waals surface area contributed by atoms with E-state index in [9.17, 15) is 27.6 Å². The summed E-state index contributed by atoms with van der Waals surface area (Å²) in [6, 6.07) is 13.6. The molecule has 0 radical (unpaired) electrons. The molecule has 3 aromatic carbocycles. The molecule has 37 heavy (non-hydrogen) atoms. The standard InChI is InChI=1S/C26H17BrClF3N2O4/c1-14-3-2-4-16(9-14)13-37-22-8-5-15(11-19(22)27)10-18-23(34)32-25(36)33(24(18)35)21-12-17(26(29,30)31)6-7-20(21)28/h2-12H,13H2,1H3,(H,32,34,36)/b18-10-. The van der Waals surface area contributed by atoms with Gasteiger partial charge in [0.1, 0.15) is 17.9 Å². The van der Waals surface area contributed by atoms with E-state index in [1.165, 1.54) is 6.08 Å². The van der Waals surface area contributed by atoms with Crippen molar-refractivity contribution in [1.82, 2.24) is 5.32 Å². The van der Waals surface area contributed by atoms with E-state index >= 15 is 0 Å². The van der Waals surface area contributed by atoms with Crippen molar-refractivity contribution >= 4 is 57.1 Å². The number of hydrogen-bond acceptors (Lipinski definition) is 4. The van der Waals surface area contributed by atoms with Crippen LogP contribution in [-0.4, -0.2) is 17.8 Å². The van der Waals surface area contributed by atoms with Crippen LogP contribution in [0.3, 0.4) is 0 Å². The molecule has 0 aliphatic carbocycles. The molecular weight excluding hydrogens is 577 g/mol. The maximum Gasteiger partial charge on any atom is 0.416 e. The molecule has 3 aromatic rings. The largest absolute Gasteiger partial charge is 0.488 e. The number of aryl methyl sites for hydroxylation is 1. The fourth-order valence-electron chi connectivity index (χ4n) is 3.59. The highest BCUT2D eigenvalue weighted by Gasteiger charge is 2.39. The van der Waals surface area contributed by atoms with Gasteiger partial charge in [0.15, 0.2) is 0 Å². The summed E-state index contributed by atoms with van der Waals surface area (Å²) in [4.78, 5) is 38.4. The molecule has 0 spiro atoms. The number of amides is 4. The van der Waals surface area contributed by atoms with Crippen LogP contribution in [0.2, 0.25) is 5.02 Å². The van der Waals surface area contributed by atoms with Gasteiger partial charge in [0.25, 0.3) is 11.8 Å². The zero-order valence-corrected chi connectivity index (χ0v) is 21.4. The van der Waals surface area contributed by atoms with E-state index in [0.717, 1.165) is 23.3 Å². The lowest BCUT2D eigenvalue weighted by molar-refractivity contribution is -0.137. The van der Waals surface area contributed by atoms with E-state index < -0.39 is 40.8 Å². The summed E-state index contributed by atoms with van der Waals surface area (Å²) >= 11 is 9.41. The fourth-order valence-corrected chi connectivity index (χ4v) is 4.30. The van der Waals surface area contributed by atoms with Gasteiger partial charge in [0, 0.05) is 0 Å². The Morgan fingerprint density at radius 1 is 1.05 bits per heavy atom. The Morgan fingerprint density at radius 2 is 1.81 bits per heavy atom. The first-order valence-corrected chi connectivity index (χ1v) is 11.9. The van der Waals surface area contributed by atoms with Gasteiger partial charge < -0.3 is 4.74 Å². The number of nitrogens with one attached hydrogen (secondary N) is 1. The van der Waals surface area contributed by atoms with Gasteiger partial charge >= 0.3 is 12.2 Å². The molecule has 0 bridgehead atoms. The Labute approximate surface area is 222 Å². The van der Waals surface area contributed by atoms with Crippen molar-refractivity contribution in [1.29, 1.82) is 0 Å². The Morgan fingerprint density at radius 3 is 2.49 bits per heavy atom. The minimum absolute atomic E-state index is 0.275. The molecule has 0 atom stereocenters. The topological polar surface area (TPSA) is 75.7 Å². The Bertz CT molecular complexity index is 1460. The number of imide groups is 2. The molecule has 0 saturated carbocycles. The second kappa shape index (κ2) is 10.4. The van der Waals surface area contributed by atoms with Crippen LogP contribution in [0.15, 0.2) is 70.7 Å². The molecule has 1 heterocycles. The molecule has 1 N–H and O–H groups in total. The molecule has 1 fully saturated rings. The Kier molecular flexibility index (Phi) is 7.42. The number of urea groups is 1. The molecule has 190 valence electrons. The Hall–Kier alpha value is -3.63. The Balaban J connectivity index is 1.61. The first kappa shape index (κ1) is 26.4. The molecule has 0 aromatic heterocycles. The van der Waals surface area contributed by atoms with E-state index in [2.05, 4.69) is 15.9 Å². The summed E-state index contributed by atoms with van der Waals surface area (Å²) in [7, 11) is 0. The van der Waals surface area contributed by atoms with Crippen molar-refractivity contribution in [2.75, 3.05) is 4.90 Å². The van der Waals surface area contributed by atoms with Crippen LogP contribution >= 0.6 is 27.5 Å². The van der Waals surface area contributed by atoms with Crippen LogP contribution in [0.4, 0.5) is 23.7 Å². The molecule has 4 rings (SSSR count). The number of benzene rings is 3. The second-order valence-electron chi connectivity index (χ2n) is 8.09. The lowest BCUT2D eigenvalue weighted by atomic mass is 10.1. The highest BCUT2D eigenvalue weighted by atomic mass is 79.9. The molecule has 6 nitrogen and oxygen atoms in total. The van der Waals surface area contributed by atoms with Crippen molar-refractivity contribution in [3.8, 4) is 5.75 Å². The lowest BCUT2D eigenvalue weighted by Gasteiger charge is -2.27. The van der Waals surface area contributed by atoms with Gasteiger partial charge in [-0.15, -0.1) is 0 Å². The van der Waals surface area contributed by atoms with Crippen LogP contribution in [0.25, 0.3) is 6.08 Å². The second-order valence-corrected chi connectivity index (χ2v) is 9.35. The maximum absolute atomic E-state index is 13.2. The number of anilines is 1. The monoisotopic (exact) mass is 592 g/mol. The zero-order chi connectivity index (χ0) is 26.9. The normalized spacial score (nSPS) is 15.2. The highest BCUT2D eigenvalue weighted by molar-refractivity contribution is 9.10. The van der Waals surface area contributed by atoms with Gasteiger partial charge in [-0.05, 0) is 70.4 Å². The number of halogens is 5. The van der Waals surface area contributed by atoms with Gasteiger partial charge in [-0.3, -0.25) is 14.9 Å². The number of nitrogens with zero attached hydrogens (tertiary/aromatic N) is 1. The SMILES string of the molecule is Cc1cccc(COc2ccc(/C=C3/C(=O)NC(=O)N(c4cc(C(F)(F)F)ccc4Cl)C3=O)cc2Br)c1. The summed E-state index contributed by atoms with van der Waals surface area (Å²) in [5.74, 6) is -1.60. The molecular formula is C26H17BrClF3N2O4. The van der Waals surface area contributed by atoms with E-state index in [4.69, 9.17) is 16.3 Å². The van der Waals surface area contributed by atoms with Crippen molar-refractivity contribution < 1.29 is 32.3 Å².